The van der Waals surface area contributed by atoms with Crippen molar-refractivity contribution in [3.63, 3.8) is 0 Å². The number of nitrogens with one attached hydrogen (secondary N) is 3. The van der Waals surface area contributed by atoms with E-state index in [0.717, 1.165) is 38.1 Å². The average Bonchev–Trinajstić information content (AvgIpc) is 2.23. The number of nitrogens with zero attached hydrogens (tertiary/aromatic N) is 1. The lowest BCUT2D eigenvalue weighted by Gasteiger charge is -2.10. The summed E-state index contributed by atoms with van der Waals surface area (Å²) in [6.07, 6.45) is 2.89. The fourth-order valence-electron chi connectivity index (χ4n) is 1.12. The van der Waals surface area contributed by atoms with Gasteiger partial charge in [-0.3, -0.25) is 4.99 Å². The summed E-state index contributed by atoms with van der Waals surface area (Å²) >= 11 is 0. The molecule has 0 bridgehead atoms. The standard InChI is InChI=1S/C10H24N4O2S.HI/c1-4-7-12-10(11-5-2)13-8-6-9-14-17(3,15)16;/h14H,4-9H2,1-3H3,(H2,11,12,13);1H. The van der Waals surface area contributed by atoms with Crippen LogP contribution in [0.5, 0.6) is 0 Å². The molecule has 0 aromatic rings. The van der Waals surface area contributed by atoms with Crippen LogP contribution in [0.4, 0.5) is 0 Å². The molecule has 8 heteroatoms. The summed E-state index contributed by atoms with van der Waals surface area (Å²) in [6.45, 7) is 6.82. The Morgan fingerprint density at radius 2 is 1.83 bits per heavy atom. The molecule has 0 aromatic heterocycles. The molecule has 6 nitrogen and oxygen atoms in total. The Balaban J connectivity index is 0. The summed E-state index contributed by atoms with van der Waals surface area (Å²) < 4.78 is 24.1. The fraction of sp³-hybridized carbons (Fsp3) is 0.900. The van der Waals surface area contributed by atoms with Crippen LogP contribution in [0.2, 0.25) is 0 Å². The topological polar surface area (TPSA) is 82.6 Å². The molecule has 0 atom stereocenters. The summed E-state index contributed by atoms with van der Waals surface area (Å²) in [5, 5.41) is 6.27. The van der Waals surface area contributed by atoms with Crippen LogP contribution in [-0.4, -0.2) is 46.8 Å². The highest BCUT2D eigenvalue weighted by Crippen LogP contribution is 1.81. The predicted molar refractivity (Wildman–Crippen MR) is 87.2 cm³/mol. The predicted octanol–water partition coefficient (Wildman–Crippen LogP) is 0.509. The number of sulfonamides is 1. The Kier molecular flexibility index (Phi) is 13.5. The Hall–Kier alpha value is -0.0900. The SMILES string of the molecule is CCCN=C(NCC)NCCCNS(C)(=O)=O.I. The second-order valence-corrected chi connectivity index (χ2v) is 5.54. The number of halogens is 1. The first-order valence-corrected chi connectivity index (χ1v) is 7.85. The molecule has 0 fully saturated rings. The van der Waals surface area contributed by atoms with Gasteiger partial charge in [0, 0.05) is 26.2 Å². The molecule has 0 heterocycles. The van der Waals surface area contributed by atoms with Gasteiger partial charge in [-0.2, -0.15) is 0 Å². The van der Waals surface area contributed by atoms with Gasteiger partial charge in [-0.15, -0.1) is 24.0 Å². The third-order valence-corrected chi connectivity index (χ3v) is 2.58. The number of guanidine groups is 1. The van der Waals surface area contributed by atoms with E-state index in [4.69, 9.17) is 0 Å². The first-order valence-electron chi connectivity index (χ1n) is 5.96. The monoisotopic (exact) mass is 392 g/mol. The maximum atomic E-state index is 10.8. The molecule has 0 aromatic carbocycles. The van der Waals surface area contributed by atoms with Crippen LogP contribution in [-0.2, 0) is 10.0 Å². The van der Waals surface area contributed by atoms with Crippen molar-refractivity contribution >= 4 is 40.0 Å². The van der Waals surface area contributed by atoms with Gasteiger partial charge in [0.15, 0.2) is 5.96 Å². The zero-order valence-electron chi connectivity index (χ0n) is 11.3. The van der Waals surface area contributed by atoms with E-state index >= 15 is 0 Å². The Bertz CT molecular complexity index is 320. The second kappa shape index (κ2) is 12.0. The molecule has 0 spiro atoms. The van der Waals surface area contributed by atoms with Crippen LogP contribution in [0, 0.1) is 0 Å². The largest absolute Gasteiger partial charge is 0.357 e. The lowest BCUT2D eigenvalue weighted by Crippen LogP contribution is -2.38. The van der Waals surface area contributed by atoms with Crippen LogP contribution in [0.3, 0.4) is 0 Å². The van der Waals surface area contributed by atoms with Crippen molar-refractivity contribution < 1.29 is 8.42 Å². The summed E-state index contributed by atoms with van der Waals surface area (Å²) in [5.74, 6) is 0.786. The second-order valence-electron chi connectivity index (χ2n) is 3.71. The van der Waals surface area contributed by atoms with Crippen molar-refractivity contribution in [1.82, 2.24) is 15.4 Å². The van der Waals surface area contributed by atoms with Crippen molar-refractivity contribution in [2.24, 2.45) is 4.99 Å². The van der Waals surface area contributed by atoms with E-state index in [9.17, 15) is 8.42 Å². The molecule has 18 heavy (non-hydrogen) atoms. The molecule has 0 unspecified atom stereocenters. The van der Waals surface area contributed by atoms with Gasteiger partial charge in [0.1, 0.15) is 0 Å². The highest BCUT2D eigenvalue weighted by atomic mass is 127. The molecule has 0 amide bonds. The number of hydrogen-bond donors (Lipinski definition) is 3. The normalized spacial score (nSPS) is 11.8. The highest BCUT2D eigenvalue weighted by molar-refractivity contribution is 14.0. The summed E-state index contributed by atoms with van der Waals surface area (Å²) in [7, 11) is -3.07. The average molecular weight is 392 g/mol. The lowest BCUT2D eigenvalue weighted by molar-refractivity contribution is 0.584. The first-order chi connectivity index (χ1) is 7.99. The smallest absolute Gasteiger partial charge is 0.208 e. The molecule has 110 valence electrons. The van der Waals surface area contributed by atoms with Gasteiger partial charge in [-0.1, -0.05) is 6.92 Å². The Morgan fingerprint density at radius 1 is 1.17 bits per heavy atom. The zero-order chi connectivity index (χ0) is 13.1. The molecular weight excluding hydrogens is 367 g/mol. The van der Waals surface area contributed by atoms with Gasteiger partial charge in [-0.05, 0) is 19.8 Å². The van der Waals surface area contributed by atoms with Gasteiger partial charge >= 0.3 is 0 Å². The molecule has 0 radical (unpaired) electrons. The number of hydrogen-bond acceptors (Lipinski definition) is 3. The first kappa shape index (κ1) is 20.2. The summed E-state index contributed by atoms with van der Waals surface area (Å²) in [4.78, 5) is 4.33. The van der Waals surface area contributed by atoms with E-state index in [2.05, 4.69) is 27.3 Å². The van der Waals surface area contributed by atoms with Crippen LogP contribution in [0.15, 0.2) is 4.99 Å². The highest BCUT2D eigenvalue weighted by Gasteiger charge is 1.99. The summed E-state index contributed by atoms with van der Waals surface area (Å²) in [6, 6.07) is 0. The fourth-order valence-corrected chi connectivity index (χ4v) is 1.63. The quantitative estimate of drug-likeness (QED) is 0.243. The van der Waals surface area contributed by atoms with Crippen molar-refractivity contribution in [2.75, 3.05) is 32.4 Å². The molecule has 0 aliphatic rings. The molecule has 0 aliphatic heterocycles. The van der Waals surface area contributed by atoms with E-state index in [1.165, 1.54) is 0 Å². The maximum absolute atomic E-state index is 10.8. The molecule has 0 aliphatic carbocycles. The molecular formula is C10H25IN4O2S. The minimum absolute atomic E-state index is 0. The van der Waals surface area contributed by atoms with Crippen LogP contribution >= 0.6 is 24.0 Å². The Morgan fingerprint density at radius 3 is 2.33 bits per heavy atom. The van der Waals surface area contributed by atoms with Crippen LogP contribution < -0.4 is 15.4 Å². The van der Waals surface area contributed by atoms with Crippen molar-refractivity contribution in [1.29, 1.82) is 0 Å². The number of rotatable bonds is 8. The van der Waals surface area contributed by atoms with Gasteiger partial charge < -0.3 is 10.6 Å². The van der Waals surface area contributed by atoms with E-state index in [1.54, 1.807) is 0 Å². The molecule has 0 saturated heterocycles. The van der Waals surface area contributed by atoms with Gasteiger partial charge in [-0.25, -0.2) is 13.1 Å². The molecule has 0 rings (SSSR count). The van der Waals surface area contributed by atoms with Crippen molar-refractivity contribution in [3.8, 4) is 0 Å². The minimum atomic E-state index is -3.07. The number of aliphatic imine (C=N–C) groups is 1. The van der Waals surface area contributed by atoms with E-state index in [-0.39, 0.29) is 24.0 Å². The van der Waals surface area contributed by atoms with Gasteiger partial charge in [0.25, 0.3) is 0 Å². The summed E-state index contributed by atoms with van der Waals surface area (Å²) in [5.41, 5.74) is 0. The maximum Gasteiger partial charge on any atom is 0.208 e. The molecule has 0 saturated carbocycles. The lowest BCUT2D eigenvalue weighted by atomic mass is 10.4. The van der Waals surface area contributed by atoms with Crippen molar-refractivity contribution in [3.05, 3.63) is 0 Å². The third kappa shape index (κ3) is 14.0. The van der Waals surface area contributed by atoms with Crippen LogP contribution in [0.1, 0.15) is 26.7 Å². The van der Waals surface area contributed by atoms with Crippen molar-refractivity contribution in [2.45, 2.75) is 26.7 Å². The molecule has 3 N–H and O–H groups in total. The van der Waals surface area contributed by atoms with Gasteiger partial charge in [0.05, 0.1) is 6.26 Å². The zero-order valence-corrected chi connectivity index (χ0v) is 14.5. The van der Waals surface area contributed by atoms with Gasteiger partial charge in [0.2, 0.25) is 10.0 Å². The minimum Gasteiger partial charge on any atom is -0.357 e. The Labute approximate surface area is 127 Å². The van der Waals surface area contributed by atoms with Crippen LogP contribution in [0.25, 0.3) is 0 Å². The van der Waals surface area contributed by atoms with E-state index in [0.29, 0.717) is 13.1 Å². The third-order valence-electron chi connectivity index (χ3n) is 1.85. The van der Waals surface area contributed by atoms with E-state index in [1.807, 2.05) is 6.92 Å². The van der Waals surface area contributed by atoms with E-state index < -0.39 is 10.0 Å².